The lowest BCUT2D eigenvalue weighted by molar-refractivity contribution is 1.04. The van der Waals surface area contributed by atoms with Crippen molar-refractivity contribution in [2.75, 3.05) is 19.0 Å². The van der Waals surface area contributed by atoms with Crippen molar-refractivity contribution in [3.8, 4) is 0 Å². The van der Waals surface area contributed by atoms with E-state index in [0.29, 0.717) is 0 Å². The summed E-state index contributed by atoms with van der Waals surface area (Å²) in [6.45, 7) is 0. The summed E-state index contributed by atoms with van der Waals surface area (Å²) >= 11 is 3.41. The van der Waals surface area contributed by atoms with Crippen LogP contribution in [0.1, 0.15) is 0 Å². The van der Waals surface area contributed by atoms with Crippen molar-refractivity contribution in [3.05, 3.63) is 28.9 Å². The van der Waals surface area contributed by atoms with Gasteiger partial charge in [0, 0.05) is 24.0 Å². The van der Waals surface area contributed by atoms with Gasteiger partial charge in [-0.25, -0.2) is 0 Å². The number of nitrogens with zero attached hydrogens (tertiary/aromatic N) is 3. The van der Waals surface area contributed by atoms with Crippen LogP contribution >= 0.6 is 15.9 Å². The molecule has 72 valence electrons. The summed E-state index contributed by atoms with van der Waals surface area (Å²) in [5.41, 5.74) is 1.99. The third-order valence-electron chi connectivity index (χ3n) is 2.06. The molecule has 0 aliphatic heterocycles. The second kappa shape index (κ2) is 3.53. The number of benzene rings is 1. The van der Waals surface area contributed by atoms with Crippen LogP contribution in [0.25, 0.3) is 10.9 Å². The van der Waals surface area contributed by atoms with Crippen molar-refractivity contribution in [2.24, 2.45) is 0 Å². The van der Waals surface area contributed by atoms with Gasteiger partial charge in [0.25, 0.3) is 0 Å². The molecular formula is C10H10BrN3. The lowest BCUT2D eigenvalue weighted by Crippen LogP contribution is -2.09. The summed E-state index contributed by atoms with van der Waals surface area (Å²) in [7, 11) is 4.00. The van der Waals surface area contributed by atoms with Gasteiger partial charge in [0.1, 0.15) is 0 Å². The van der Waals surface area contributed by atoms with Gasteiger partial charge in [0.2, 0.25) is 0 Å². The third-order valence-corrected chi connectivity index (χ3v) is 2.56. The molecule has 0 fully saturated rings. The van der Waals surface area contributed by atoms with Crippen LogP contribution < -0.4 is 4.90 Å². The average molecular weight is 252 g/mol. The summed E-state index contributed by atoms with van der Waals surface area (Å²) in [6.07, 6.45) is 1.77. The number of hydrogen-bond acceptors (Lipinski definition) is 3. The SMILES string of the molecule is CN(C)c1cnnc2cc(Br)ccc12. The highest BCUT2D eigenvalue weighted by molar-refractivity contribution is 9.10. The average Bonchev–Trinajstić information content (AvgIpc) is 2.16. The third kappa shape index (κ3) is 1.57. The molecule has 2 aromatic rings. The molecule has 1 aromatic carbocycles. The van der Waals surface area contributed by atoms with E-state index in [2.05, 4.69) is 26.1 Å². The molecule has 14 heavy (non-hydrogen) atoms. The first-order chi connectivity index (χ1) is 6.68. The summed E-state index contributed by atoms with van der Waals surface area (Å²) in [5.74, 6) is 0. The molecule has 0 atom stereocenters. The van der Waals surface area contributed by atoms with Crippen LogP contribution in [0, 0.1) is 0 Å². The first-order valence-corrected chi connectivity index (χ1v) is 5.06. The Morgan fingerprint density at radius 3 is 2.79 bits per heavy atom. The molecule has 0 amide bonds. The van der Waals surface area contributed by atoms with Gasteiger partial charge in [0.05, 0.1) is 17.4 Å². The molecule has 1 aromatic heterocycles. The minimum Gasteiger partial charge on any atom is -0.376 e. The first-order valence-electron chi connectivity index (χ1n) is 4.27. The number of hydrogen-bond donors (Lipinski definition) is 0. The van der Waals surface area contributed by atoms with Gasteiger partial charge < -0.3 is 4.90 Å². The zero-order valence-electron chi connectivity index (χ0n) is 8.03. The van der Waals surface area contributed by atoms with E-state index in [1.807, 2.05) is 37.2 Å². The zero-order valence-corrected chi connectivity index (χ0v) is 9.62. The summed E-state index contributed by atoms with van der Waals surface area (Å²) in [4.78, 5) is 2.03. The number of halogens is 1. The normalized spacial score (nSPS) is 10.5. The Balaban J connectivity index is 2.75. The predicted molar refractivity (Wildman–Crippen MR) is 61.6 cm³/mol. The highest BCUT2D eigenvalue weighted by atomic mass is 79.9. The fourth-order valence-corrected chi connectivity index (χ4v) is 1.72. The molecule has 1 heterocycles. The van der Waals surface area contributed by atoms with Gasteiger partial charge in [-0.3, -0.25) is 0 Å². The van der Waals surface area contributed by atoms with Gasteiger partial charge >= 0.3 is 0 Å². The van der Waals surface area contributed by atoms with E-state index < -0.39 is 0 Å². The van der Waals surface area contributed by atoms with Crippen LogP contribution in [0.15, 0.2) is 28.9 Å². The standard InChI is InChI=1S/C10H10BrN3/c1-14(2)10-6-12-13-9-5-7(11)3-4-8(9)10/h3-6H,1-2H3. The lowest BCUT2D eigenvalue weighted by atomic mass is 10.2. The summed E-state index contributed by atoms with van der Waals surface area (Å²) in [5, 5.41) is 9.16. The van der Waals surface area contributed by atoms with Crippen LogP contribution in [0.3, 0.4) is 0 Å². The molecule has 0 saturated carbocycles. The highest BCUT2D eigenvalue weighted by Gasteiger charge is 2.04. The molecule has 0 aliphatic rings. The maximum absolute atomic E-state index is 4.08. The van der Waals surface area contributed by atoms with Crippen molar-refractivity contribution >= 4 is 32.5 Å². The van der Waals surface area contributed by atoms with E-state index >= 15 is 0 Å². The molecule has 0 saturated heterocycles. The van der Waals surface area contributed by atoms with E-state index in [4.69, 9.17) is 0 Å². The fraction of sp³-hybridized carbons (Fsp3) is 0.200. The Morgan fingerprint density at radius 1 is 1.29 bits per heavy atom. The second-order valence-corrected chi connectivity index (χ2v) is 4.20. The summed E-state index contributed by atoms with van der Waals surface area (Å²) in [6, 6.07) is 6.02. The van der Waals surface area contributed by atoms with Crippen molar-refractivity contribution < 1.29 is 0 Å². The number of rotatable bonds is 1. The van der Waals surface area contributed by atoms with Crippen LogP contribution in [0.2, 0.25) is 0 Å². The molecule has 0 N–H and O–H groups in total. The molecule has 0 spiro atoms. The zero-order chi connectivity index (χ0) is 10.1. The van der Waals surface area contributed by atoms with Crippen LogP contribution in [0.5, 0.6) is 0 Å². The minimum atomic E-state index is 0.908. The topological polar surface area (TPSA) is 29.0 Å². The Labute approximate surface area is 90.9 Å². The second-order valence-electron chi connectivity index (χ2n) is 3.29. The quantitative estimate of drug-likeness (QED) is 0.780. The number of aromatic nitrogens is 2. The number of anilines is 1. The molecule has 0 bridgehead atoms. The Bertz CT molecular complexity index is 468. The minimum absolute atomic E-state index is 0.908. The number of fused-ring (bicyclic) bond motifs is 1. The molecule has 2 rings (SSSR count). The van der Waals surface area contributed by atoms with E-state index in [0.717, 1.165) is 21.1 Å². The maximum atomic E-state index is 4.08. The molecular weight excluding hydrogens is 242 g/mol. The highest BCUT2D eigenvalue weighted by Crippen LogP contribution is 2.24. The van der Waals surface area contributed by atoms with Crippen molar-refractivity contribution in [2.45, 2.75) is 0 Å². The molecule has 4 heteroatoms. The lowest BCUT2D eigenvalue weighted by Gasteiger charge is -2.13. The largest absolute Gasteiger partial charge is 0.376 e. The van der Waals surface area contributed by atoms with E-state index in [1.165, 1.54) is 0 Å². The first kappa shape index (κ1) is 9.40. The molecule has 0 aliphatic carbocycles. The molecule has 3 nitrogen and oxygen atoms in total. The molecule has 0 unspecified atom stereocenters. The van der Waals surface area contributed by atoms with Gasteiger partial charge in [-0.15, -0.1) is 0 Å². The van der Waals surface area contributed by atoms with Gasteiger partial charge in [-0.2, -0.15) is 10.2 Å². The van der Waals surface area contributed by atoms with E-state index in [9.17, 15) is 0 Å². The smallest absolute Gasteiger partial charge is 0.0961 e. The van der Waals surface area contributed by atoms with Gasteiger partial charge in [-0.1, -0.05) is 15.9 Å². The van der Waals surface area contributed by atoms with Crippen molar-refractivity contribution in [3.63, 3.8) is 0 Å². The Hall–Kier alpha value is -1.16. The monoisotopic (exact) mass is 251 g/mol. The fourth-order valence-electron chi connectivity index (χ4n) is 1.38. The summed E-state index contributed by atoms with van der Waals surface area (Å²) < 4.78 is 1.02. The molecule has 0 radical (unpaired) electrons. The predicted octanol–water partition coefficient (Wildman–Crippen LogP) is 2.46. The van der Waals surface area contributed by atoms with Crippen LogP contribution in [0.4, 0.5) is 5.69 Å². The van der Waals surface area contributed by atoms with Crippen LogP contribution in [-0.2, 0) is 0 Å². The van der Waals surface area contributed by atoms with Crippen LogP contribution in [-0.4, -0.2) is 24.3 Å². The maximum Gasteiger partial charge on any atom is 0.0961 e. The Morgan fingerprint density at radius 2 is 2.07 bits per heavy atom. The van der Waals surface area contributed by atoms with Crippen molar-refractivity contribution in [1.29, 1.82) is 0 Å². The van der Waals surface area contributed by atoms with E-state index in [1.54, 1.807) is 6.20 Å². The van der Waals surface area contributed by atoms with Gasteiger partial charge in [0.15, 0.2) is 0 Å². The van der Waals surface area contributed by atoms with Gasteiger partial charge in [-0.05, 0) is 18.2 Å². The van der Waals surface area contributed by atoms with E-state index in [-0.39, 0.29) is 0 Å². The van der Waals surface area contributed by atoms with Crippen molar-refractivity contribution in [1.82, 2.24) is 10.2 Å². The Kier molecular flexibility index (Phi) is 2.37.